The van der Waals surface area contributed by atoms with Crippen molar-refractivity contribution in [2.75, 3.05) is 13.2 Å². The van der Waals surface area contributed by atoms with Gasteiger partial charge in [-0.05, 0) is 17.7 Å². The zero-order chi connectivity index (χ0) is 15.7. The minimum atomic E-state index is -3.90. The third-order valence-electron chi connectivity index (χ3n) is 3.04. The van der Waals surface area contributed by atoms with Crippen molar-refractivity contribution in [2.45, 2.75) is 17.4 Å². The predicted molar refractivity (Wildman–Crippen MR) is 71.1 cm³/mol. The van der Waals surface area contributed by atoms with E-state index in [1.807, 2.05) is 4.72 Å². The number of rotatable bonds is 4. The first-order valence-corrected chi connectivity index (χ1v) is 7.46. The summed E-state index contributed by atoms with van der Waals surface area (Å²) in [6.45, 7) is 1.46. The Labute approximate surface area is 121 Å². The van der Waals surface area contributed by atoms with Crippen LogP contribution in [0, 0.1) is 0 Å². The number of carbonyl (C=O) groups is 2. The molecule has 114 valence electrons. The van der Waals surface area contributed by atoms with E-state index in [-0.39, 0.29) is 18.1 Å². The molecule has 21 heavy (non-hydrogen) atoms. The van der Waals surface area contributed by atoms with Gasteiger partial charge in [0.05, 0.1) is 18.1 Å². The van der Waals surface area contributed by atoms with Crippen molar-refractivity contribution in [3.05, 3.63) is 29.8 Å². The zero-order valence-corrected chi connectivity index (χ0v) is 11.9. The molecular weight excluding hydrogens is 300 g/mol. The number of amides is 2. The highest BCUT2D eigenvalue weighted by Crippen LogP contribution is 2.30. The van der Waals surface area contributed by atoms with E-state index in [0.29, 0.717) is 5.56 Å². The maximum Gasteiger partial charge on any atom is 0.405 e. The smallest absolute Gasteiger partial charge is 0.405 e. The highest BCUT2D eigenvalue weighted by atomic mass is 32.2. The molecule has 1 aromatic rings. The Kier molecular flexibility index (Phi) is 3.88. The average Bonchev–Trinajstić information content (AvgIpc) is 2.32. The first-order valence-electron chi connectivity index (χ1n) is 5.98. The lowest BCUT2D eigenvalue weighted by molar-refractivity contribution is -0.117. The van der Waals surface area contributed by atoms with Gasteiger partial charge in [-0.1, -0.05) is 12.1 Å². The van der Waals surface area contributed by atoms with Gasteiger partial charge in [-0.25, -0.2) is 17.9 Å². The minimum absolute atomic E-state index is 0.0767. The highest BCUT2D eigenvalue weighted by molar-refractivity contribution is 7.90. The van der Waals surface area contributed by atoms with Gasteiger partial charge in [-0.2, -0.15) is 0 Å². The van der Waals surface area contributed by atoms with Crippen LogP contribution in [-0.4, -0.2) is 38.7 Å². The molecule has 0 unspecified atom stereocenters. The lowest BCUT2D eigenvalue weighted by Crippen LogP contribution is -2.59. The first-order chi connectivity index (χ1) is 9.75. The van der Waals surface area contributed by atoms with Crippen LogP contribution in [0.25, 0.3) is 0 Å². The summed E-state index contributed by atoms with van der Waals surface area (Å²) in [4.78, 5) is 21.6. The Balaban J connectivity index is 2.27. The van der Waals surface area contributed by atoms with E-state index in [4.69, 9.17) is 9.84 Å². The Morgan fingerprint density at radius 3 is 2.19 bits per heavy atom. The number of sulfonamides is 1. The summed E-state index contributed by atoms with van der Waals surface area (Å²) in [6.07, 6.45) is -1.19. The van der Waals surface area contributed by atoms with E-state index < -0.39 is 27.6 Å². The third kappa shape index (κ3) is 3.14. The molecule has 0 bridgehead atoms. The maximum atomic E-state index is 11.8. The van der Waals surface area contributed by atoms with Crippen LogP contribution in [0.4, 0.5) is 4.79 Å². The van der Waals surface area contributed by atoms with Crippen molar-refractivity contribution < 1.29 is 27.9 Å². The Morgan fingerprint density at radius 2 is 1.81 bits per heavy atom. The molecule has 1 heterocycles. The molecule has 2 rings (SSSR count). The molecule has 0 saturated carbocycles. The number of carbonyl (C=O) groups excluding carboxylic acids is 1. The SMILES string of the molecule is CC(=O)NS(=O)(=O)c1ccc(C2(NC(=O)O)COC2)cc1. The maximum absolute atomic E-state index is 11.8. The summed E-state index contributed by atoms with van der Waals surface area (Å²) in [6, 6.07) is 5.61. The fourth-order valence-electron chi connectivity index (χ4n) is 2.02. The number of ether oxygens (including phenoxy) is 1. The monoisotopic (exact) mass is 314 g/mol. The number of benzene rings is 1. The zero-order valence-electron chi connectivity index (χ0n) is 11.1. The topological polar surface area (TPSA) is 122 Å². The van der Waals surface area contributed by atoms with Crippen LogP contribution >= 0.6 is 0 Å². The van der Waals surface area contributed by atoms with Crippen LogP contribution in [0.3, 0.4) is 0 Å². The largest absolute Gasteiger partial charge is 0.465 e. The van der Waals surface area contributed by atoms with Gasteiger partial charge < -0.3 is 15.2 Å². The molecule has 1 aliphatic heterocycles. The predicted octanol–water partition coefficient (Wildman–Crippen LogP) is 0.00450. The molecule has 0 radical (unpaired) electrons. The van der Waals surface area contributed by atoms with Crippen molar-refractivity contribution in [3.8, 4) is 0 Å². The first kappa shape index (κ1) is 15.3. The molecule has 2 amide bonds. The molecule has 1 aliphatic rings. The summed E-state index contributed by atoms with van der Waals surface area (Å²) in [7, 11) is -3.90. The number of hydrogen-bond acceptors (Lipinski definition) is 5. The molecule has 3 N–H and O–H groups in total. The van der Waals surface area contributed by atoms with Gasteiger partial charge >= 0.3 is 6.09 Å². The van der Waals surface area contributed by atoms with E-state index in [2.05, 4.69) is 5.32 Å². The summed E-state index contributed by atoms with van der Waals surface area (Å²) in [5.74, 6) is -0.685. The van der Waals surface area contributed by atoms with Crippen LogP contribution in [-0.2, 0) is 25.1 Å². The molecule has 9 heteroatoms. The molecular formula is C12H14N2O6S. The second-order valence-electron chi connectivity index (χ2n) is 4.69. The van der Waals surface area contributed by atoms with Crippen molar-refractivity contribution >= 4 is 22.0 Å². The van der Waals surface area contributed by atoms with Gasteiger partial charge in [0.15, 0.2) is 0 Å². The van der Waals surface area contributed by atoms with Gasteiger partial charge in [0.1, 0.15) is 5.54 Å². The van der Waals surface area contributed by atoms with E-state index in [1.54, 1.807) is 0 Å². The molecule has 1 aromatic carbocycles. The second-order valence-corrected chi connectivity index (χ2v) is 6.37. The lowest BCUT2D eigenvalue weighted by Gasteiger charge is -2.41. The van der Waals surface area contributed by atoms with Crippen molar-refractivity contribution in [1.29, 1.82) is 0 Å². The molecule has 1 fully saturated rings. The molecule has 0 aliphatic carbocycles. The molecule has 0 aromatic heterocycles. The van der Waals surface area contributed by atoms with Crippen LogP contribution in [0.5, 0.6) is 0 Å². The normalized spacial score (nSPS) is 16.6. The van der Waals surface area contributed by atoms with Crippen LogP contribution in [0.2, 0.25) is 0 Å². The second kappa shape index (κ2) is 5.34. The van der Waals surface area contributed by atoms with Gasteiger partial charge in [-0.15, -0.1) is 0 Å². The molecule has 0 atom stereocenters. The molecule has 1 saturated heterocycles. The van der Waals surface area contributed by atoms with Gasteiger partial charge in [-0.3, -0.25) is 4.79 Å². The quantitative estimate of drug-likeness (QED) is 0.719. The highest BCUT2D eigenvalue weighted by Gasteiger charge is 2.42. The summed E-state index contributed by atoms with van der Waals surface area (Å²) < 4.78 is 30.5. The van der Waals surface area contributed by atoms with Gasteiger partial charge in [0.25, 0.3) is 10.0 Å². The van der Waals surface area contributed by atoms with Crippen molar-refractivity contribution in [1.82, 2.24) is 10.0 Å². The van der Waals surface area contributed by atoms with Crippen LogP contribution in [0.15, 0.2) is 29.2 Å². The van der Waals surface area contributed by atoms with Gasteiger partial charge in [0, 0.05) is 6.92 Å². The number of hydrogen-bond donors (Lipinski definition) is 3. The van der Waals surface area contributed by atoms with Crippen LogP contribution < -0.4 is 10.0 Å². The Bertz CT molecular complexity index is 663. The fraction of sp³-hybridized carbons (Fsp3) is 0.333. The molecule has 0 spiro atoms. The summed E-state index contributed by atoms with van der Waals surface area (Å²) in [5, 5.41) is 11.2. The van der Waals surface area contributed by atoms with E-state index in [1.165, 1.54) is 24.3 Å². The number of nitrogens with one attached hydrogen (secondary N) is 2. The Hall–Kier alpha value is -2.13. The van der Waals surface area contributed by atoms with E-state index in [0.717, 1.165) is 6.92 Å². The third-order valence-corrected chi connectivity index (χ3v) is 4.49. The van der Waals surface area contributed by atoms with E-state index >= 15 is 0 Å². The average molecular weight is 314 g/mol. The fourth-order valence-corrected chi connectivity index (χ4v) is 3.01. The standard InChI is InChI=1S/C12H14N2O6S/c1-8(15)14-21(18,19)10-4-2-9(3-5-10)12(6-20-7-12)13-11(16)17/h2-5,13H,6-7H2,1H3,(H,14,15)(H,16,17). The van der Waals surface area contributed by atoms with Crippen LogP contribution in [0.1, 0.15) is 12.5 Å². The Morgan fingerprint density at radius 1 is 1.24 bits per heavy atom. The number of carboxylic acid groups (broad SMARTS) is 1. The summed E-state index contributed by atoms with van der Waals surface area (Å²) >= 11 is 0. The van der Waals surface area contributed by atoms with Crippen molar-refractivity contribution in [2.24, 2.45) is 0 Å². The minimum Gasteiger partial charge on any atom is -0.465 e. The van der Waals surface area contributed by atoms with Crippen molar-refractivity contribution in [3.63, 3.8) is 0 Å². The summed E-state index contributed by atoms with van der Waals surface area (Å²) in [5.41, 5.74) is -0.264. The lowest BCUT2D eigenvalue weighted by atomic mass is 9.88. The van der Waals surface area contributed by atoms with E-state index in [9.17, 15) is 18.0 Å². The van der Waals surface area contributed by atoms with Gasteiger partial charge in [0.2, 0.25) is 5.91 Å². The molecule has 8 nitrogen and oxygen atoms in total.